The van der Waals surface area contributed by atoms with E-state index in [0.29, 0.717) is 0 Å². The fourth-order valence-corrected chi connectivity index (χ4v) is 0.250. The summed E-state index contributed by atoms with van der Waals surface area (Å²) in [6.07, 6.45) is 3.65. The van der Waals surface area contributed by atoms with Crippen molar-refractivity contribution < 1.29 is 16.5 Å². The molecular weight excluding hydrogens is 147 g/mol. The van der Waals surface area contributed by atoms with Gasteiger partial charge in [-0.1, -0.05) is 19.8 Å². The monoisotopic (exact) mass is 161 g/mol. The number of nitrogens with two attached hydrogens (primary N) is 2. The Balaban J connectivity index is -0.0000000267. The molecule has 3 heteroatoms. The minimum atomic E-state index is 0. The van der Waals surface area contributed by atoms with Crippen LogP contribution in [-0.4, -0.2) is 0 Å². The molecule has 0 heterocycles. The Morgan fingerprint density at radius 1 is 1.25 bits per heavy atom. The largest absolute Gasteiger partial charge is 3.00 e. The molecule has 2 nitrogen and oxygen atoms in total. The van der Waals surface area contributed by atoms with Crippen LogP contribution in [0.2, 0.25) is 0 Å². The third kappa shape index (κ3) is 32.3. The van der Waals surface area contributed by atoms with Crippen LogP contribution in [0.5, 0.6) is 0 Å². The Hall–Kier alpha value is 0.414. The summed E-state index contributed by atoms with van der Waals surface area (Å²) in [6.45, 7) is 5.85. The van der Waals surface area contributed by atoms with Crippen LogP contribution < -0.4 is 0 Å². The van der Waals surface area contributed by atoms with Gasteiger partial charge in [0.25, 0.3) is 0 Å². The van der Waals surface area contributed by atoms with Crippen LogP contribution in [-0.2, 0) is 16.5 Å². The fraction of sp³-hybridized carbons (Fsp3) is 0.800. The van der Waals surface area contributed by atoms with Gasteiger partial charge in [-0.3, -0.25) is 0 Å². The molecule has 0 amide bonds. The Morgan fingerprint density at radius 2 is 1.62 bits per heavy atom. The second-order valence-corrected chi connectivity index (χ2v) is 1.21. The molecule has 55 valence electrons. The normalized spacial score (nSPS) is 5.25. The van der Waals surface area contributed by atoms with Crippen molar-refractivity contribution in [2.75, 3.05) is 0 Å². The SMILES string of the molecule is [CH2-]CCCC.[NH2-].[NH2-].[Ni+3]. The second-order valence-electron chi connectivity index (χ2n) is 1.21. The van der Waals surface area contributed by atoms with E-state index >= 15 is 0 Å². The third-order valence-corrected chi connectivity index (χ3v) is 0.604. The Labute approximate surface area is 62.5 Å². The Morgan fingerprint density at radius 3 is 1.62 bits per heavy atom. The van der Waals surface area contributed by atoms with E-state index in [4.69, 9.17) is 0 Å². The molecule has 0 aliphatic carbocycles. The average molecular weight is 162 g/mol. The van der Waals surface area contributed by atoms with E-state index in [1.807, 2.05) is 0 Å². The van der Waals surface area contributed by atoms with E-state index in [1.54, 1.807) is 0 Å². The van der Waals surface area contributed by atoms with E-state index in [0.717, 1.165) is 6.42 Å². The zero-order chi connectivity index (χ0) is 4.12. The summed E-state index contributed by atoms with van der Waals surface area (Å²) >= 11 is 0. The van der Waals surface area contributed by atoms with Crippen molar-refractivity contribution in [2.45, 2.75) is 26.2 Å². The topological polar surface area (TPSA) is 67.0 Å². The van der Waals surface area contributed by atoms with Gasteiger partial charge >= 0.3 is 16.5 Å². The molecule has 0 unspecified atom stereocenters. The van der Waals surface area contributed by atoms with Crippen molar-refractivity contribution in [3.8, 4) is 0 Å². The first-order chi connectivity index (χ1) is 2.41. The minimum Gasteiger partial charge on any atom is -0.693 e. The fourth-order valence-electron chi connectivity index (χ4n) is 0.250. The van der Waals surface area contributed by atoms with E-state index in [-0.39, 0.29) is 28.8 Å². The summed E-state index contributed by atoms with van der Waals surface area (Å²) in [4.78, 5) is 0. The van der Waals surface area contributed by atoms with Gasteiger partial charge < -0.3 is 19.2 Å². The molecule has 0 atom stereocenters. The minimum absolute atomic E-state index is 0. The standard InChI is InChI=1S/C5H11.2H2N.Ni/c1-3-5-4-2;;;/h1,3-5H2,2H3;2*1H2;/q3*-1;+3. The molecule has 0 spiro atoms. The molecule has 0 saturated carbocycles. The molecule has 0 saturated heterocycles. The van der Waals surface area contributed by atoms with Gasteiger partial charge in [0.1, 0.15) is 0 Å². The van der Waals surface area contributed by atoms with Gasteiger partial charge in [-0.25, -0.2) is 0 Å². The molecule has 0 bridgehead atoms. The molecule has 0 aromatic carbocycles. The molecule has 8 heavy (non-hydrogen) atoms. The number of hydrogen-bond acceptors (Lipinski definition) is 0. The summed E-state index contributed by atoms with van der Waals surface area (Å²) in [5.74, 6) is 0. The van der Waals surface area contributed by atoms with E-state index < -0.39 is 0 Å². The van der Waals surface area contributed by atoms with Crippen LogP contribution >= 0.6 is 0 Å². The quantitative estimate of drug-likeness (QED) is 0.440. The maximum Gasteiger partial charge on any atom is 3.00 e. The molecule has 0 aromatic heterocycles. The predicted octanol–water partition coefficient (Wildman–Crippen LogP) is 3.44. The van der Waals surface area contributed by atoms with Crippen molar-refractivity contribution in [2.24, 2.45) is 0 Å². The molecule has 4 N–H and O–H groups in total. The molecule has 0 fully saturated rings. The smallest absolute Gasteiger partial charge is 0.693 e. The van der Waals surface area contributed by atoms with Gasteiger partial charge in [-0.05, 0) is 0 Å². The van der Waals surface area contributed by atoms with E-state index in [1.165, 1.54) is 12.8 Å². The second kappa shape index (κ2) is 26.2. The summed E-state index contributed by atoms with van der Waals surface area (Å²) in [7, 11) is 0. The van der Waals surface area contributed by atoms with Crippen LogP contribution in [0.25, 0.3) is 12.3 Å². The predicted molar refractivity (Wildman–Crippen MR) is 35.5 cm³/mol. The van der Waals surface area contributed by atoms with Gasteiger partial charge in [0.2, 0.25) is 0 Å². The summed E-state index contributed by atoms with van der Waals surface area (Å²) in [5, 5.41) is 0. The Bertz CT molecular complexity index is 17.9. The molecular formula is C5H15N2Ni. The van der Waals surface area contributed by atoms with Crippen LogP contribution in [0, 0.1) is 6.92 Å². The van der Waals surface area contributed by atoms with Gasteiger partial charge in [0, 0.05) is 0 Å². The average Bonchev–Trinajstić information content (AvgIpc) is 1.41. The van der Waals surface area contributed by atoms with Gasteiger partial charge in [0.15, 0.2) is 0 Å². The molecule has 0 aromatic rings. The molecule has 0 aliphatic rings. The van der Waals surface area contributed by atoms with Crippen LogP contribution in [0.1, 0.15) is 26.2 Å². The third-order valence-electron chi connectivity index (χ3n) is 0.604. The Kier molecular flexibility index (Phi) is 77.7. The van der Waals surface area contributed by atoms with Crippen molar-refractivity contribution in [3.63, 3.8) is 0 Å². The van der Waals surface area contributed by atoms with Gasteiger partial charge in [-0.2, -0.15) is 6.42 Å². The number of rotatable bonds is 2. The summed E-state index contributed by atoms with van der Waals surface area (Å²) in [6, 6.07) is 0. The number of unbranched alkanes of at least 4 members (excludes halogenated alkanes) is 2. The van der Waals surface area contributed by atoms with Crippen molar-refractivity contribution in [3.05, 3.63) is 19.2 Å². The van der Waals surface area contributed by atoms with E-state index in [9.17, 15) is 0 Å². The summed E-state index contributed by atoms with van der Waals surface area (Å²) in [5.41, 5.74) is 0. The maximum atomic E-state index is 3.68. The van der Waals surface area contributed by atoms with Crippen molar-refractivity contribution >= 4 is 0 Å². The van der Waals surface area contributed by atoms with Gasteiger partial charge in [-0.15, -0.1) is 0 Å². The number of hydrogen-bond donors (Lipinski definition) is 0. The molecule has 0 rings (SSSR count). The first-order valence-corrected chi connectivity index (χ1v) is 2.21. The molecule has 1 radical (unpaired) electrons. The maximum absolute atomic E-state index is 3.68. The van der Waals surface area contributed by atoms with Crippen LogP contribution in [0.4, 0.5) is 0 Å². The summed E-state index contributed by atoms with van der Waals surface area (Å²) < 4.78 is 0. The zero-order valence-electron chi connectivity index (χ0n) is 5.30. The first kappa shape index (κ1) is 23.7. The zero-order valence-corrected chi connectivity index (χ0v) is 6.29. The van der Waals surface area contributed by atoms with Crippen molar-refractivity contribution in [1.29, 1.82) is 0 Å². The van der Waals surface area contributed by atoms with Gasteiger partial charge in [0.05, 0.1) is 0 Å². The van der Waals surface area contributed by atoms with E-state index in [2.05, 4.69) is 13.8 Å². The first-order valence-electron chi connectivity index (χ1n) is 2.21. The van der Waals surface area contributed by atoms with Crippen molar-refractivity contribution in [1.82, 2.24) is 0 Å². The molecule has 0 aliphatic heterocycles. The van der Waals surface area contributed by atoms with Crippen LogP contribution in [0.15, 0.2) is 0 Å². The van der Waals surface area contributed by atoms with Crippen LogP contribution in [0.3, 0.4) is 0 Å².